The highest BCUT2D eigenvalue weighted by Crippen LogP contribution is 2.17. The van der Waals surface area contributed by atoms with Crippen molar-refractivity contribution in [2.75, 3.05) is 17.6 Å². The van der Waals surface area contributed by atoms with Crippen LogP contribution < -0.4 is 11.1 Å². The van der Waals surface area contributed by atoms with Crippen LogP contribution in [0.15, 0.2) is 30.6 Å². The van der Waals surface area contributed by atoms with Gasteiger partial charge in [-0.1, -0.05) is 0 Å². The second-order valence-electron chi connectivity index (χ2n) is 4.28. The Balaban J connectivity index is 1.90. The minimum absolute atomic E-state index is 0.802. The van der Waals surface area contributed by atoms with E-state index < -0.39 is 0 Å². The maximum Gasteiger partial charge on any atom is 0.0582 e. The first-order valence-electron chi connectivity index (χ1n) is 5.74. The molecule has 1 heterocycles. The zero-order valence-corrected chi connectivity index (χ0v) is 10.3. The Morgan fingerprint density at radius 2 is 2.18 bits per heavy atom. The van der Waals surface area contributed by atoms with E-state index in [9.17, 15) is 0 Å². The molecule has 0 aliphatic heterocycles. The van der Waals surface area contributed by atoms with Crippen LogP contribution in [0.2, 0.25) is 0 Å². The van der Waals surface area contributed by atoms with Crippen molar-refractivity contribution in [1.29, 1.82) is 0 Å². The first-order chi connectivity index (χ1) is 8.15. The summed E-state index contributed by atoms with van der Waals surface area (Å²) in [7, 11) is 0. The van der Waals surface area contributed by atoms with Gasteiger partial charge in [-0.3, -0.25) is 4.68 Å². The van der Waals surface area contributed by atoms with Crippen LogP contribution >= 0.6 is 0 Å². The molecule has 4 heteroatoms. The quantitative estimate of drug-likeness (QED) is 0.792. The fraction of sp³-hybridized carbons (Fsp3) is 0.308. The summed E-state index contributed by atoms with van der Waals surface area (Å²) in [6, 6.07) is 5.90. The Labute approximate surface area is 101 Å². The van der Waals surface area contributed by atoms with Gasteiger partial charge in [0.05, 0.1) is 12.7 Å². The minimum Gasteiger partial charge on any atom is -0.399 e. The molecule has 17 heavy (non-hydrogen) atoms. The average molecular weight is 230 g/mol. The molecule has 1 aromatic carbocycles. The number of nitrogen functional groups attached to an aromatic ring is 1. The number of nitrogens with one attached hydrogen (secondary N) is 1. The molecule has 90 valence electrons. The zero-order chi connectivity index (χ0) is 12.3. The SMILES string of the molecule is Cc1cnn(CCNc2ccc(N)cc2C)c1. The summed E-state index contributed by atoms with van der Waals surface area (Å²) >= 11 is 0. The molecule has 0 amide bonds. The van der Waals surface area contributed by atoms with Crippen LogP contribution in [0, 0.1) is 13.8 Å². The third kappa shape index (κ3) is 3.00. The molecule has 2 aromatic rings. The Hall–Kier alpha value is -1.97. The largest absolute Gasteiger partial charge is 0.399 e. The maximum absolute atomic E-state index is 5.71. The second-order valence-corrected chi connectivity index (χ2v) is 4.28. The van der Waals surface area contributed by atoms with Crippen LogP contribution in [0.1, 0.15) is 11.1 Å². The van der Waals surface area contributed by atoms with E-state index in [1.54, 1.807) is 0 Å². The Kier molecular flexibility index (Phi) is 3.32. The van der Waals surface area contributed by atoms with Gasteiger partial charge >= 0.3 is 0 Å². The predicted molar refractivity (Wildman–Crippen MR) is 71.0 cm³/mol. The molecular formula is C13H18N4. The van der Waals surface area contributed by atoms with Gasteiger partial charge in [-0.25, -0.2) is 0 Å². The van der Waals surface area contributed by atoms with Gasteiger partial charge in [-0.2, -0.15) is 5.10 Å². The fourth-order valence-electron chi connectivity index (χ4n) is 1.78. The van der Waals surface area contributed by atoms with Gasteiger partial charge in [-0.15, -0.1) is 0 Å². The summed E-state index contributed by atoms with van der Waals surface area (Å²) in [5.74, 6) is 0. The average Bonchev–Trinajstić information content (AvgIpc) is 2.68. The number of aromatic nitrogens is 2. The van der Waals surface area contributed by atoms with Gasteiger partial charge in [0.15, 0.2) is 0 Å². The highest BCUT2D eigenvalue weighted by Gasteiger charge is 1.98. The Bertz CT molecular complexity index is 502. The van der Waals surface area contributed by atoms with Gasteiger partial charge in [0.25, 0.3) is 0 Å². The standard InChI is InChI=1S/C13H18N4/c1-10-8-16-17(9-10)6-5-15-13-4-3-12(14)7-11(13)2/h3-4,7-9,15H,5-6,14H2,1-2H3. The summed E-state index contributed by atoms with van der Waals surface area (Å²) in [6.45, 7) is 5.81. The number of rotatable bonds is 4. The van der Waals surface area contributed by atoms with Crippen LogP contribution in [-0.4, -0.2) is 16.3 Å². The summed E-state index contributed by atoms with van der Waals surface area (Å²) in [5, 5.41) is 7.62. The van der Waals surface area contributed by atoms with Crippen LogP contribution in [0.25, 0.3) is 0 Å². The molecule has 2 rings (SSSR count). The molecule has 0 atom stereocenters. The van der Waals surface area contributed by atoms with Crippen molar-refractivity contribution >= 4 is 11.4 Å². The summed E-state index contributed by atoms with van der Waals surface area (Å²) in [4.78, 5) is 0. The van der Waals surface area contributed by atoms with Gasteiger partial charge in [-0.05, 0) is 43.2 Å². The van der Waals surface area contributed by atoms with E-state index >= 15 is 0 Å². The van der Waals surface area contributed by atoms with Gasteiger partial charge in [0.1, 0.15) is 0 Å². The van der Waals surface area contributed by atoms with Crippen LogP contribution in [0.4, 0.5) is 11.4 Å². The van der Waals surface area contributed by atoms with Crippen molar-refractivity contribution < 1.29 is 0 Å². The number of nitrogens with two attached hydrogens (primary N) is 1. The highest BCUT2D eigenvalue weighted by molar-refractivity contribution is 5.57. The van der Waals surface area contributed by atoms with Crippen molar-refractivity contribution in [3.63, 3.8) is 0 Å². The lowest BCUT2D eigenvalue weighted by atomic mass is 10.2. The monoisotopic (exact) mass is 230 g/mol. The number of hydrogen-bond donors (Lipinski definition) is 2. The van der Waals surface area contributed by atoms with E-state index in [1.165, 1.54) is 11.1 Å². The molecule has 0 bridgehead atoms. The van der Waals surface area contributed by atoms with E-state index in [0.29, 0.717) is 0 Å². The minimum atomic E-state index is 0.802. The van der Waals surface area contributed by atoms with Crippen molar-refractivity contribution in [2.45, 2.75) is 20.4 Å². The molecule has 0 spiro atoms. The molecule has 0 saturated carbocycles. The number of aryl methyl sites for hydroxylation is 2. The molecule has 0 radical (unpaired) electrons. The van der Waals surface area contributed by atoms with Crippen molar-refractivity contribution in [3.05, 3.63) is 41.7 Å². The van der Waals surface area contributed by atoms with Crippen LogP contribution in [-0.2, 0) is 6.54 Å². The maximum atomic E-state index is 5.71. The van der Waals surface area contributed by atoms with E-state index in [0.717, 1.165) is 24.5 Å². The fourth-order valence-corrected chi connectivity index (χ4v) is 1.78. The van der Waals surface area contributed by atoms with Gasteiger partial charge in [0.2, 0.25) is 0 Å². The molecular weight excluding hydrogens is 212 g/mol. The lowest BCUT2D eigenvalue weighted by molar-refractivity contribution is 0.637. The van der Waals surface area contributed by atoms with E-state index in [1.807, 2.05) is 42.2 Å². The van der Waals surface area contributed by atoms with Crippen molar-refractivity contribution in [3.8, 4) is 0 Å². The number of nitrogens with zero attached hydrogens (tertiary/aromatic N) is 2. The molecule has 3 N–H and O–H groups in total. The first-order valence-corrected chi connectivity index (χ1v) is 5.74. The lowest BCUT2D eigenvalue weighted by Gasteiger charge is -2.10. The number of hydrogen-bond acceptors (Lipinski definition) is 3. The van der Waals surface area contributed by atoms with E-state index in [4.69, 9.17) is 5.73 Å². The van der Waals surface area contributed by atoms with Crippen LogP contribution in [0.3, 0.4) is 0 Å². The molecule has 0 saturated heterocycles. The lowest BCUT2D eigenvalue weighted by Crippen LogP contribution is -2.11. The van der Waals surface area contributed by atoms with Crippen LogP contribution in [0.5, 0.6) is 0 Å². The summed E-state index contributed by atoms with van der Waals surface area (Å²) in [5.41, 5.74) is 9.99. The molecule has 0 fully saturated rings. The van der Waals surface area contributed by atoms with E-state index in [-0.39, 0.29) is 0 Å². The number of benzene rings is 1. The highest BCUT2D eigenvalue weighted by atomic mass is 15.3. The smallest absolute Gasteiger partial charge is 0.0582 e. The second kappa shape index (κ2) is 4.91. The molecule has 0 aliphatic carbocycles. The zero-order valence-electron chi connectivity index (χ0n) is 10.3. The third-order valence-corrected chi connectivity index (χ3v) is 2.67. The topological polar surface area (TPSA) is 55.9 Å². The first kappa shape index (κ1) is 11.5. The normalized spacial score (nSPS) is 10.5. The van der Waals surface area contributed by atoms with Gasteiger partial charge < -0.3 is 11.1 Å². The Morgan fingerprint density at radius 1 is 1.35 bits per heavy atom. The summed E-state index contributed by atoms with van der Waals surface area (Å²) < 4.78 is 1.94. The van der Waals surface area contributed by atoms with E-state index in [2.05, 4.69) is 17.3 Å². The third-order valence-electron chi connectivity index (χ3n) is 2.67. The predicted octanol–water partition coefficient (Wildman–Crippen LogP) is 2.19. The summed E-state index contributed by atoms with van der Waals surface area (Å²) in [6.07, 6.45) is 3.91. The van der Waals surface area contributed by atoms with Gasteiger partial charge in [0, 0.05) is 24.1 Å². The molecule has 0 unspecified atom stereocenters. The molecule has 0 aliphatic rings. The molecule has 1 aromatic heterocycles. The van der Waals surface area contributed by atoms with Crippen molar-refractivity contribution in [1.82, 2.24) is 9.78 Å². The molecule has 4 nitrogen and oxygen atoms in total. The van der Waals surface area contributed by atoms with Crippen molar-refractivity contribution in [2.24, 2.45) is 0 Å². The number of anilines is 2. The Morgan fingerprint density at radius 3 is 2.82 bits per heavy atom.